The van der Waals surface area contributed by atoms with Crippen molar-refractivity contribution >= 4 is 83.0 Å². The third-order valence-electron chi connectivity index (χ3n) is 12.7. The largest absolute Gasteiger partial charge is 0.506 e. The van der Waals surface area contributed by atoms with Gasteiger partial charge < -0.3 is 10.2 Å². The van der Waals surface area contributed by atoms with Gasteiger partial charge in [0.1, 0.15) is 11.5 Å². The van der Waals surface area contributed by atoms with Crippen LogP contribution in [0.3, 0.4) is 0 Å². The Morgan fingerprint density at radius 2 is 0.507 bits per heavy atom. The molecule has 0 aliphatic heterocycles. The highest BCUT2D eigenvalue weighted by molar-refractivity contribution is 8.01. The number of rotatable bonds is 12. The molecule has 2 N–H and O–H groups in total. The molecule has 71 heavy (non-hydrogen) atoms. The topological polar surface area (TPSA) is 40.5 Å². The Hall–Kier alpha value is -4.73. The van der Waals surface area contributed by atoms with E-state index < -0.39 is 15.8 Å². The number of hydrogen-bond donors (Lipinski definition) is 2. The number of hydrogen-bond acceptors (Lipinski definition) is 5. The summed E-state index contributed by atoms with van der Waals surface area (Å²) in [7, 11) is -1.85. The Morgan fingerprint density at radius 1 is 0.282 bits per heavy atom. The van der Waals surface area contributed by atoms with Gasteiger partial charge in [0, 0.05) is 9.79 Å². The molecule has 8 rings (SSSR count). The van der Waals surface area contributed by atoms with Gasteiger partial charge >= 0.3 is 0 Å². The van der Waals surface area contributed by atoms with Gasteiger partial charge in [-0.05, 0) is 128 Å². The zero-order valence-electron chi connectivity index (χ0n) is 43.3. The molecule has 0 aromatic heterocycles. The molecule has 0 spiro atoms. The summed E-state index contributed by atoms with van der Waals surface area (Å²) in [5, 5.41) is 33.0. The molecule has 8 aromatic rings. The molecule has 2 nitrogen and oxygen atoms in total. The highest BCUT2D eigenvalue weighted by Gasteiger charge is 2.29. The van der Waals surface area contributed by atoms with E-state index >= 15 is 0 Å². The predicted molar refractivity (Wildman–Crippen MR) is 314 cm³/mol. The Bertz CT molecular complexity index is 2820. The predicted octanol–water partition coefficient (Wildman–Crippen LogP) is 16.3. The molecule has 0 saturated heterocycles. The van der Waals surface area contributed by atoms with Crippen molar-refractivity contribution in [1.29, 1.82) is 0 Å². The molecular weight excluding hydrogens is 959 g/mol. The SMILES string of the molecule is CC(C)(C)c1ccc(P(c2ccccc2)c2ccccc2)c(Sc2cc(C(C)(C)C)cc(Sc3cc(C(C)(C)C)cc(Sc4cc(C(C)(C)C)ccc4P(c4ccccc4)c4ccccc4)c3O)c2O)c1. The van der Waals surface area contributed by atoms with Gasteiger partial charge in [-0.1, -0.05) is 264 Å². The van der Waals surface area contributed by atoms with E-state index in [2.05, 4.69) is 265 Å². The van der Waals surface area contributed by atoms with Crippen LogP contribution in [0, 0.1) is 0 Å². The molecule has 0 aliphatic carbocycles. The molecule has 0 aliphatic rings. The van der Waals surface area contributed by atoms with E-state index in [4.69, 9.17) is 0 Å². The summed E-state index contributed by atoms with van der Waals surface area (Å²) >= 11 is 4.76. The number of phenols is 2. The van der Waals surface area contributed by atoms with E-state index in [-0.39, 0.29) is 33.2 Å². The van der Waals surface area contributed by atoms with Crippen molar-refractivity contribution in [3.8, 4) is 11.5 Å². The number of benzene rings is 8. The van der Waals surface area contributed by atoms with E-state index in [9.17, 15) is 10.2 Å². The molecular formula is C64H68O2P2S3. The first kappa shape index (κ1) is 52.6. The lowest BCUT2D eigenvalue weighted by Gasteiger charge is -2.27. The molecule has 0 saturated carbocycles. The fourth-order valence-electron chi connectivity index (χ4n) is 8.35. The summed E-state index contributed by atoms with van der Waals surface area (Å²) in [6, 6.07) is 65.9. The maximum absolute atomic E-state index is 12.7. The summed E-state index contributed by atoms with van der Waals surface area (Å²) in [6.07, 6.45) is 0. The van der Waals surface area contributed by atoms with Crippen LogP contribution in [0.15, 0.2) is 211 Å². The molecule has 0 unspecified atom stereocenters. The third kappa shape index (κ3) is 12.4. The van der Waals surface area contributed by atoms with Gasteiger partial charge in [0.05, 0.1) is 19.6 Å². The Kier molecular flexibility index (Phi) is 15.8. The van der Waals surface area contributed by atoms with Crippen molar-refractivity contribution < 1.29 is 10.2 Å². The molecule has 0 radical (unpaired) electrons. The van der Waals surface area contributed by atoms with Gasteiger partial charge in [-0.15, -0.1) is 0 Å². The van der Waals surface area contributed by atoms with Crippen LogP contribution in [0.25, 0.3) is 0 Å². The minimum Gasteiger partial charge on any atom is -0.506 e. The first-order valence-electron chi connectivity index (χ1n) is 24.4. The minimum absolute atomic E-state index is 0.0857. The molecule has 8 aromatic carbocycles. The van der Waals surface area contributed by atoms with Crippen LogP contribution in [-0.4, -0.2) is 10.2 Å². The van der Waals surface area contributed by atoms with Crippen LogP contribution in [0.4, 0.5) is 0 Å². The second-order valence-electron chi connectivity index (χ2n) is 22.3. The molecule has 364 valence electrons. The van der Waals surface area contributed by atoms with Crippen LogP contribution < -0.4 is 31.8 Å². The fraction of sp³-hybridized carbons (Fsp3) is 0.250. The van der Waals surface area contributed by atoms with Crippen molar-refractivity contribution in [2.24, 2.45) is 0 Å². The van der Waals surface area contributed by atoms with Gasteiger partial charge in [-0.3, -0.25) is 0 Å². The highest BCUT2D eigenvalue weighted by Crippen LogP contribution is 2.52. The van der Waals surface area contributed by atoms with Crippen LogP contribution >= 0.6 is 51.1 Å². The van der Waals surface area contributed by atoms with Gasteiger partial charge in [-0.2, -0.15) is 0 Å². The second kappa shape index (κ2) is 21.4. The van der Waals surface area contributed by atoms with Crippen molar-refractivity contribution in [3.63, 3.8) is 0 Å². The van der Waals surface area contributed by atoms with Crippen molar-refractivity contribution in [1.82, 2.24) is 0 Å². The van der Waals surface area contributed by atoms with E-state index in [1.807, 2.05) is 0 Å². The molecule has 0 fully saturated rings. The first-order chi connectivity index (χ1) is 33.6. The second-order valence-corrected chi connectivity index (χ2v) is 29.9. The van der Waals surface area contributed by atoms with E-state index in [0.29, 0.717) is 9.79 Å². The van der Waals surface area contributed by atoms with E-state index in [1.54, 1.807) is 23.5 Å². The van der Waals surface area contributed by atoms with Crippen molar-refractivity contribution in [3.05, 3.63) is 204 Å². The summed E-state index contributed by atoms with van der Waals surface area (Å²) in [4.78, 5) is 5.27. The smallest absolute Gasteiger partial charge is 0.143 e. The quantitative estimate of drug-likeness (QED) is 0.119. The van der Waals surface area contributed by atoms with Gasteiger partial charge in [-0.25, -0.2) is 0 Å². The average Bonchev–Trinajstić information content (AvgIpc) is 3.32. The first-order valence-corrected chi connectivity index (χ1v) is 29.6. The van der Waals surface area contributed by atoms with Gasteiger partial charge in [0.25, 0.3) is 0 Å². The highest BCUT2D eigenvalue weighted by atomic mass is 32.2. The Labute approximate surface area is 440 Å². The molecule has 0 bridgehead atoms. The lowest BCUT2D eigenvalue weighted by atomic mass is 9.87. The van der Waals surface area contributed by atoms with Crippen molar-refractivity contribution in [2.75, 3.05) is 0 Å². The lowest BCUT2D eigenvalue weighted by molar-refractivity contribution is 0.444. The number of phenolic OH excluding ortho intramolecular Hbond substituents is 2. The maximum atomic E-state index is 12.7. The maximum Gasteiger partial charge on any atom is 0.143 e. The third-order valence-corrected chi connectivity index (χ3v) is 21.2. The van der Waals surface area contributed by atoms with Crippen LogP contribution in [-0.2, 0) is 21.7 Å². The van der Waals surface area contributed by atoms with E-state index in [0.717, 1.165) is 30.7 Å². The molecule has 0 atom stereocenters. The fourth-order valence-corrected chi connectivity index (χ4v) is 16.9. The van der Waals surface area contributed by atoms with Gasteiger partial charge in [0.15, 0.2) is 0 Å². The summed E-state index contributed by atoms with van der Waals surface area (Å²) in [5.74, 6) is 0.435. The molecule has 0 amide bonds. The zero-order valence-corrected chi connectivity index (χ0v) is 47.6. The lowest BCUT2D eigenvalue weighted by Crippen LogP contribution is -2.23. The molecule has 7 heteroatoms. The minimum atomic E-state index is -0.927. The summed E-state index contributed by atoms with van der Waals surface area (Å²) in [6.45, 7) is 27.0. The van der Waals surface area contributed by atoms with Crippen LogP contribution in [0.5, 0.6) is 11.5 Å². The standard InChI is InChI=1S/C64H68O2P2S3/c1-61(2,3)43-33-35-51(67(47-25-17-13-18-26-47)48-27-19-14-20-28-48)53(37-43)69-55-39-45(63(7,8)9)41-57(59(55)65)71-58-42-46(64(10,11)12)40-56(60(58)66)70-54-38-44(62(4,5)6)34-36-52(54)68(49-29-21-15-22-30-49)50-31-23-16-24-32-50/h13-42,65-66H,1-12H3. The summed E-state index contributed by atoms with van der Waals surface area (Å²) < 4.78 is 0. The Morgan fingerprint density at radius 3 is 0.746 bits per heavy atom. The summed E-state index contributed by atoms with van der Waals surface area (Å²) in [5.41, 5.74) is 4.09. The Balaban J connectivity index is 1.27. The van der Waals surface area contributed by atoms with Crippen LogP contribution in [0.1, 0.15) is 105 Å². The zero-order chi connectivity index (χ0) is 50.9. The van der Waals surface area contributed by atoms with Crippen molar-refractivity contribution in [2.45, 2.75) is 134 Å². The average molecular weight is 1030 g/mol. The van der Waals surface area contributed by atoms with Crippen LogP contribution in [0.2, 0.25) is 0 Å². The number of aromatic hydroxyl groups is 2. The monoisotopic (exact) mass is 1030 g/mol. The normalized spacial score (nSPS) is 12.5. The van der Waals surface area contributed by atoms with Gasteiger partial charge in [0.2, 0.25) is 0 Å². The molecule has 0 heterocycles. The van der Waals surface area contributed by atoms with E-state index in [1.165, 1.54) is 54.7 Å².